The maximum Gasteiger partial charge on any atom is 0.319 e. The Balaban J connectivity index is 1.64. The minimum atomic E-state index is -0.560. The molecule has 0 aliphatic carbocycles. The fourth-order valence-electron chi connectivity index (χ4n) is 3.05. The van der Waals surface area contributed by atoms with Gasteiger partial charge in [0.15, 0.2) is 0 Å². The molecule has 1 aromatic carbocycles. The highest BCUT2D eigenvalue weighted by atomic mass is 32.1. The van der Waals surface area contributed by atoms with Crippen molar-refractivity contribution in [1.29, 1.82) is 0 Å². The Kier molecular flexibility index (Phi) is 3.57. The van der Waals surface area contributed by atoms with E-state index < -0.39 is 6.04 Å². The predicted molar refractivity (Wildman–Crippen MR) is 87.6 cm³/mol. The summed E-state index contributed by atoms with van der Waals surface area (Å²) in [6, 6.07) is 8.84. The molecule has 0 fully saturated rings. The van der Waals surface area contributed by atoms with Crippen molar-refractivity contribution in [2.24, 2.45) is 0 Å². The number of nitrogens with one attached hydrogen (secondary N) is 2. The molecule has 1 unspecified atom stereocenters. The summed E-state index contributed by atoms with van der Waals surface area (Å²) in [7, 11) is 0. The average molecular weight is 343 g/mol. The lowest BCUT2D eigenvalue weighted by atomic mass is 9.96. The van der Waals surface area contributed by atoms with Gasteiger partial charge in [0.25, 0.3) is 5.91 Å². The van der Waals surface area contributed by atoms with Crippen LogP contribution in [-0.2, 0) is 11.3 Å². The average Bonchev–Trinajstić information content (AvgIpc) is 3.17. The molecule has 2 N–H and O–H groups in total. The Morgan fingerprint density at radius 2 is 2.00 bits per heavy atom. The van der Waals surface area contributed by atoms with Crippen LogP contribution in [-0.4, -0.2) is 23.4 Å². The summed E-state index contributed by atoms with van der Waals surface area (Å²) in [5, 5.41) is 7.45. The molecular formula is C17H14FN3O2S. The van der Waals surface area contributed by atoms with Crippen molar-refractivity contribution < 1.29 is 14.0 Å². The zero-order valence-corrected chi connectivity index (χ0v) is 13.4. The summed E-state index contributed by atoms with van der Waals surface area (Å²) in [5.74, 6) is -0.467. The van der Waals surface area contributed by atoms with Crippen molar-refractivity contribution in [3.8, 4) is 0 Å². The van der Waals surface area contributed by atoms with Gasteiger partial charge in [0, 0.05) is 4.88 Å². The van der Waals surface area contributed by atoms with Crippen LogP contribution in [0.25, 0.3) is 0 Å². The first-order valence-electron chi connectivity index (χ1n) is 7.49. The van der Waals surface area contributed by atoms with Gasteiger partial charge < -0.3 is 15.5 Å². The van der Waals surface area contributed by atoms with E-state index in [1.54, 1.807) is 28.4 Å². The first-order chi connectivity index (χ1) is 11.6. The number of urea groups is 1. The zero-order chi connectivity index (χ0) is 16.7. The Labute approximate surface area is 141 Å². The molecule has 0 spiro atoms. The van der Waals surface area contributed by atoms with E-state index in [0.29, 0.717) is 29.9 Å². The van der Waals surface area contributed by atoms with Crippen LogP contribution in [0.3, 0.4) is 0 Å². The number of carbonyl (C=O) groups excluding carboxylic acids is 2. The number of thiophene rings is 1. The topological polar surface area (TPSA) is 61.4 Å². The highest BCUT2D eigenvalue weighted by Gasteiger charge is 2.40. The predicted octanol–water partition coefficient (Wildman–Crippen LogP) is 2.54. The van der Waals surface area contributed by atoms with Crippen LogP contribution in [0.4, 0.5) is 9.18 Å². The van der Waals surface area contributed by atoms with E-state index in [1.807, 2.05) is 17.5 Å². The van der Waals surface area contributed by atoms with Crippen LogP contribution in [0.1, 0.15) is 16.5 Å². The van der Waals surface area contributed by atoms with Crippen molar-refractivity contribution in [3.05, 3.63) is 69.3 Å². The fourth-order valence-corrected chi connectivity index (χ4v) is 3.77. The van der Waals surface area contributed by atoms with E-state index in [0.717, 1.165) is 4.88 Å². The molecule has 0 saturated carbocycles. The number of hydrogen-bond acceptors (Lipinski definition) is 3. The smallest absolute Gasteiger partial charge is 0.319 e. The van der Waals surface area contributed by atoms with E-state index >= 15 is 0 Å². The lowest BCUT2D eigenvalue weighted by molar-refractivity contribution is -0.126. The fraction of sp³-hybridized carbons (Fsp3) is 0.176. The van der Waals surface area contributed by atoms with E-state index in [2.05, 4.69) is 10.6 Å². The molecule has 7 heteroatoms. The molecule has 122 valence electrons. The van der Waals surface area contributed by atoms with Crippen molar-refractivity contribution in [1.82, 2.24) is 15.5 Å². The Morgan fingerprint density at radius 1 is 1.21 bits per heavy atom. The molecule has 24 heavy (non-hydrogen) atoms. The first kappa shape index (κ1) is 14.9. The Morgan fingerprint density at radius 3 is 2.71 bits per heavy atom. The van der Waals surface area contributed by atoms with Crippen molar-refractivity contribution in [2.45, 2.75) is 12.6 Å². The number of nitrogens with zero attached hydrogens (tertiary/aromatic N) is 1. The normalized spacial score (nSPS) is 20.0. The summed E-state index contributed by atoms with van der Waals surface area (Å²) in [5.41, 5.74) is 1.83. The molecule has 2 aliphatic rings. The summed E-state index contributed by atoms with van der Waals surface area (Å²) in [4.78, 5) is 27.6. The van der Waals surface area contributed by atoms with Crippen molar-refractivity contribution in [3.63, 3.8) is 0 Å². The van der Waals surface area contributed by atoms with Crippen LogP contribution >= 0.6 is 11.3 Å². The number of amides is 3. The second-order valence-electron chi connectivity index (χ2n) is 5.72. The van der Waals surface area contributed by atoms with Gasteiger partial charge in [0.05, 0.1) is 30.4 Å². The molecule has 3 heterocycles. The third-order valence-corrected chi connectivity index (χ3v) is 5.01. The molecule has 1 aromatic heterocycles. The Bertz CT molecular complexity index is 830. The van der Waals surface area contributed by atoms with Crippen LogP contribution in [0, 0.1) is 5.82 Å². The number of rotatable bonds is 3. The third-order valence-electron chi connectivity index (χ3n) is 4.15. The maximum atomic E-state index is 13.2. The molecule has 0 bridgehead atoms. The molecule has 2 aliphatic heterocycles. The largest absolute Gasteiger partial charge is 0.328 e. The van der Waals surface area contributed by atoms with Crippen molar-refractivity contribution >= 4 is 23.3 Å². The third kappa shape index (κ3) is 2.56. The van der Waals surface area contributed by atoms with Gasteiger partial charge in [-0.2, -0.15) is 0 Å². The number of benzene rings is 1. The zero-order valence-electron chi connectivity index (χ0n) is 12.6. The van der Waals surface area contributed by atoms with Gasteiger partial charge in [0.2, 0.25) is 0 Å². The molecule has 0 radical (unpaired) electrons. The van der Waals surface area contributed by atoms with Crippen LogP contribution in [0.5, 0.6) is 0 Å². The molecule has 2 aromatic rings. The van der Waals surface area contributed by atoms with E-state index in [-0.39, 0.29) is 17.8 Å². The number of carbonyl (C=O) groups is 2. The molecule has 1 atom stereocenters. The molecule has 5 nitrogen and oxygen atoms in total. The SMILES string of the molecule is O=C1NC2=C(C(=O)N(Cc3cccs3)C2)C(c2ccc(F)cc2)N1. The monoisotopic (exact) mass is 343 g/mol. The van der Waals surface area contributed by atoms with E-state index in [1.165, 1.54) is 12.1 Å². The second kappa shape index (κ2) is 5.76. The van der Waals surface area contributed by atoms with E-state index in [4.69, 9.17) is 0 Å². The number of hydrogen-bond donors (Lipinski definition) is 2. The van der Waals surface area contributed by atoms with Gasteiger partial charge >= 0.3 is 6.03 Å². The minimum Gasteiger partial charge on any atom is -0.328 e. The minimum absolute atomic E-state index is 0.111. The molecule has 3 amide bonds. The molecule has 0 saturated heterocycles. The highest BCUT2D eigenvalue weighted by Crippen LogP contribution is 2.33. The lowest BCUT2D eigenvalue weighted by Crippen LogP contribution is -2.44. The lowest BCUT2D eigenvalue weighted by Gasteiger charge is -2.25. The van der Waals surface area contributed by atoms with Crippen LogP contribution < -0.4 is 10.6 Å². The summed E-state index contributed by atoms with van der Waals surface area (Å²) >= 11 is 1.59. The van der Waals surface area contributed by atoms with Gasteiger partial charge in [0.1, 0.15) is 5.82 Å². The van der Waals surface area contributed by atoms with E-state index in [9.17, 15) is 14.0 Å². The first-order valence-corrected chi connectivity index (χ1v) is 8.37. The van der Waals surface area contributed by atoms with Crippen LogP contribution in [0.15, 0.2) is 53.0 Å². The standard InChI is InChI=1S/C17H14FN3O2S/c18-11-5-3-10(4-6-11)15-14-13(19-17(23)20-15)9-21(16(14)22)8-12-2-1-7-24-12/h1-7,15H,8-9H2,(H2,19,20,23). The van der Waals surface area contributed by atoms with Gasteiger partial charge in [-0.25, -0.2) is 9.18 Å². The maximum absolute atomic E-state index is 13.2. The quantitative estimate of drug-likeness (QED) is 0.900. The number of halogens is 1. The van der Waals surface area contributed by atoms with Gasteiger partial charge in [-0.3, -0.25) is 4.79 Å². The summed E-state index contributed by atoms with van der Waals surface area (Å²) in [6.07, 6.45) is 0. The highest BCUT2D eigenvalue weighted by molar-refractivity contribution is 7.09. The molecule has 4 rings (SSSR count). The Hall–Kier alpha value is -2.67. The summed E-state index contributed by atoms with van der Waals surface area (Å²) < 4.78 is 13.2. The molecular weight excluding hydrogens is 329 g/mol. The van der Waals surface area contributed by atoms with Gasteiger partial charge in [-0.05, 0) is 29.1 Å². The van der Waals surface area contributed by atoms with Crippen LogP contribution in [0.2, 0.25) is 0 Å². The van der Waals surface area contributed by atoms with Gasteiger partial charge in [-0.1, -0.05) is 18.2 Å². The second-order valence-corrected chi connectivity index (χ2v) is 6.75. The van der Waals surface area contributed by atoms with Gasteiger partial charge in [-0.15, -0.1) is 11.3 Å². The van der Waals surface area contributed by atoms with Crippen molar-refractivity contribution in [2.75, 3.05) is 6.54 Å². The summed E-state index contributed by atoms with van der Waals surface area (Å²) in [6.45, 7) is 0.882.